The van der Waals surface area contributed by atoms with Gasteiger partial charge >= 0.3 is 0 Å². The average molecular weight is 542 g/mol. The number of nitrogens with one attached hydrogen (secondary N) is 3. The van der Waals surface area contributed by atoms with Crippen molar-refractivity contribution in [2.45, 2.75) is 38.1 Å². The van der Waals surface area contributed by atoms with Gasteiger partial charge in [-0.15, -0.1) is 0 Å². The lowest BCUT2D eigenvalue weighted by Gasteiger charge is -2.23. The summed E-state index contributed by atoms with van der Waals surface area (Å²) in [6.45, 7) is 0. The fraction of sp³-hybridized carbons (Fsp3) is 0.286. The standard InChI is InChI=1S/C21H21ClIN3O2S/c22-17-11-10-14(12-16(17)20(28)24-13-6-2-1-3-7-13)25-21(29)26-19(27)15-8-4-5-9-18(15)23/h4-5,8-13H,1-3,6-7H2,(H,24,28)(H2,25,26,27,29). The predicted molar refractivity (Wildman–Crippen MR) is 129 cm³/mol. The van der Waals surface area contributed by atoms with Crippen LogP contribution in [0.5, 0.6) is 0 Å². The molecule has 0 aromatic heterocycles. The van der Waals surface area contributed by atoms with E-state index in [0.717, 1.165) is 29.3 Å². The second kappa shape index (κ2) is 10.4. The largest absolute Gasteiger partial charge is 0.349 e. The molecule has 29 heavy (non-hydrogen) atoms. The quantitative estimate of drug-likeness (QED) is 0.371. The lowest BCUT2D eigenvalue weighted by atomic mass is 9.95. The molecule has 0 saturated heterocycles. The minimum absolute atomic E-state index is 0.149. The Labute approximate surface area is 194 Å². The summed E-state index contributed by atoms with van der Waals surface area (Å²) in [5.74, 6) is -0.490. The molecule has 0 bridgehead atoms. The molecule has 0 aliphatic heterocycles. The molecule has 3 rings (SSSR count). The van der Waals surface area contributed by atoms with E-state index in [1.165, 1.54) is 6.42 Å². The third kappa shape index (κ3) is 6.13. The maximum atomic E-state index is 12.6. The Hall–Kier alpha value is -1.71. The van der Waals surface area contributed by atoms with Crippen LogP contribution in [0.3, 0.4) is 0 Å². The van der Waals surface area contributed by atoms with E-state index < -0.39 is 0 Å². The lowest BCUT2D eigenvalue weighted by Crippen LogP contribution is -2.36. The summed E-state index contributed by atoms with van der Waals surface area (Å²) >= 11 is 13.6. The average Bonchev–Trinajstić information content (AvgIpc) is 2.70. The van der Waals surface area contributed by atoms with E-state index in [1.807, 2.05) is 12.1 Å². The molecule has 0 heterocycles. The van der Waals surface area contributed by atoms with Crippen LogP contribution in [0, 0.1) is 3.57 Å². The highest BCUT2D eigenvalue weighted by molar-refractivity contribution is 14.1. The first kappa shape index (κ1) is 22.0. The van der Waals surface area contributed by atoms with E-state index in [2.05, 4.69) is 38.5 Å². The third-order valence-electron chi connectivity index (χ3n) is 4.75. The minimum Gasteiger partial charge on any atom is -0.349 e. The van der Waals surface area contributed by atoms with Crippen LogP contribution in [-0.4, -0.2) is 23.0 Å². The van der Waals surface area contributed by atoms with E-state index in [9.17, 15) is 9.59 Å². The molecule has 1 fully saturated rings. The second-order valence-corrected chi connectivity index (χ2v) is 8.87. The fourth-order valence-corrected chi connectivity index (χ4v) is 4.31. The SMILES string of the molecule is O=C(NC1CCCCC1)c1cc(NC(=S)NC(=O)c2ccccc2I)ccc1Cl. The number of halogens is 2. The van der Waals surface area contributed by atoms with Gasteiger partial charge in [0.2, 0.25) is 0 Å². The summed E-state index contributed by atoms with van der Waals surface area (Å²) < 4.78 is 0.832. The molecule has 8 heteroatoms. The third-order valence-corrected chi connectivity index (χ3v) is 6.23. The molecule has 2 aromatic rings. The molecule has 1 aliphatic rings. The molecule has 2 aromatic carbocycles. The van der Waals surface area contributed by atoms with Crippen molar-refractivity contribution >= 4 is 69.0 Å². The first-order chi connectivity index (χ1) is 13.9. The van der Waals surface area contributed by atoms with E-state index in [-0.39, 0.29) is 23.0 Å². The zero-order chi connectivity index (χ0) is 20.8. The van der Waals surface area contributed by atoms with E-state index in [1.54, 1.807) is 30.3 Å². The molecule has 5 nitrogen and oxygen atoms in total. The van der Waals surface area contributed by atoms with E-state index in [4.69, 9.17) is 23.8 Å². The number of hydrogen-bond acceptors (Lipinski definition) is 3. The minimum atomic E-state index is -0.295. The van der Waals surface area contributed by atoms with Gasteiger partial charge < -0.3 is 10.6 Å². The lowest BCUT2D eigenvalue weighted by molar-refractivity contribution is 0.0926. The van der Waals surface area contributed by atoms with Crippen molar-refractivity contribution in [2.24, 2.45) is 0 Å². The summed E-state index contributed by atoms with van der Waals surface area (Å²) in [6, 6.07) is 12.4. The van der Waals surface area contributed by atoms with Gasteiger partial charge in [-0.25, -0.2) is 0 Å². The van der Waals surface area contributed by atoms with Gasteiger partial charge in [0, 0.05) is 15.3 Å². The Morgan fingerprint density at radius 1 is 1.00 bits per heavy atom. The maximum absolute atomic E-state index is 12.6. The van der Waals surface area contributed by atoms with Gasteiger partial charge in [-0.2, -0.15) is 0 Å². The summed E-state index contributed by atoms with van der Waals surface area (Å²) in [7, 11) is 0. The van der Waals surface area contributed by atoms with Crippen molar-refractivity contribution < 1.29 is 9.59 Å². The Bertz CT molecular complexity index is 932. The molecule has 3 N–H and O–H groups in total. The number of anilines is 1. The zero-order valence-electron chi connectivity index (χ0n) is 15.6. The zero-order valence-corrected chi connectivity index (χ0v) is 19.4. The molecular formula is C21H21ClIN3O2S. The Morgan fingerprint density at radius 3 is 2.45 bits per heavy atom. The Balaban J connectivity index is 1.64. The molecule has 152 valence electrons. The number of thiocarbonyl (C=S) groups is 1. The second-order valence-electron chi connectivity index (χ2n) is 6.89. The summed E-state index contributed by atoms with van der Waals surface area (Å²) in [5, 5.41) is 9.19. The molecular weight excluding hydrogens is 521 g/mol. The predicted octanol–water partition coefficient (Wildman–Crippen LogP) is 5.13. The Morgan fingerprint density at radius 2 is 1.72 bits per heavy atom. The first-order valence-corrected chi connectivity index (χ1v) is 11.3. The normalized spacial score (nSPS) is 14.1. The van der Waals surface area contributed by atoms with Crippen molar-refractivity contribution in [1.82, 2.24) is 10.6 Å². The van der Waals surface area contributed by atoms with Crippen LogP contribution in [0.15, 0.2) is 42.5 Å². The number of carbonyl (C=O) groups is 2. The summed E-state index contributed by atoms with van der Waals surface area (Å²) in [4.78, 5) is 25.0. The number of carbonyl (C=O) groups excluding carboxylic acids is 2. The highest BCUT2D eigenvalue weighted by Gasteiger charge is 2.19. The van der Waals surface area contributed by atoms with Crippen LogP contribution in [0.2, 0.25) is 5.02 Å². The molecule has 0 unspecified atom stereocenters. The van der Waals surface area contributed by atoms with Gasteiger partial charge in [-0.1, -0.05) is 43.0 Å². The van der Waals surface area contributed by atoms with Crippen LogP contribution >= 0.6 is 46.4 Å². The molecule has 1 aliphatic carbocycles. The van der Waals surface area contributed by atoms with Crippen LogP contribution < -0.4 is 16.0 Å². The number of hydrogen-bond donors (Lipinski definition) is 3. The maximum Gasteiger partial charge on any atom is 0.258 e. The highest BCUT2D eigenvalue weighted by atomic mass is 127. The van der Waals surface area contributed by atoms with Crippen molar-refractivity contribution in [1.29, 1.82) is 0 Å². The van der Waals surface area contributed by atoms with Gasteiger partial charge in [0.1, 0.15) is 0 Å². The van der Waals surface area contributed by atoms with Gasteiger partial charge in [0.05, 0.1) is 16.1 Å². The fourth-order valence-electron chi connectivity index (χ4n) is 3.27. The topological polar surface area (TPSA) is 70.2 Å². The number of amides is 2. The monoisotopic (exact) mass is 541 g/mol. The van der Waals surface area contributed by atoms with Crippen LogP contribution in [0.25, 0.3) is 0 Å². The molecule has 0 radical (unpaired) electrons. The van der Waals surface area contributed by atoms with Crippen molar-refractivity contribution in [2.75, 3.05) is 5.32 Å². The van der Waals surface area contributed by atoms with Crippen molar-refractivity contribution in [3.8, 4) is 0 Å². The molecule has 1 saturated carbocycles. The van der Waals surface area contributed by atoms with Gasteiger partial charge in [0.15, 0.2) is 5.11 Å². The first-order valence-electron chi connectivity index (χ1n) is 9.41. The Kier molecular flexibility index (Phi) is 7.85. The molecule has 2 amide bonds. The van der Waals surface area contributed by atoms with Crippen molar-refractivity contribution in [3.05, 3.63) is 62.2 Å². The molecule has 0 atom stereocenters. The van der Waals surface area contributed by atoms with Crippen LogP contribution in [0.1, 0.15) is 52.8 Å². The van der Waals surface area contributed by atoms with E-state index in [0.29, 0.717) is 21.8 Å². The summed E-state index contributed by atoms with van der Waals surface area (Å²) in [6.07, 6.45) is 5.48. The van der Waals surface area contributed by atoms with Crippen molar-refractivity contribution in [3.63, 3.8) is 0 Å². The van der Waals surface area contributed by atoms with Crippen LogP contribution in [0.4, 0.5) is 5.69 Å². The number of benzene rings is 2. The smallest absolute Gasteiger partial charge is 0.258 e. The van der Waals surface area contributed by atoms with Gasteiger partial charge in [0.25, 0.3) is 11.8 Å². The van der Waals surface area contributed by atoms with E-state index >= 15 is 0 Å². The highest BCUT2D eigenvalue weighted by Crippen LogP contribution is 2.23. The van der Waals surface area contributed by atoms with Gasteiger partial charge in [-0.05, 0) is 78.0 Å². The van der Waals surface area contributed by atoms with Gasteiger partial charge in [-0.3, -0.25) is 14.9 Å². The summed E-state index contributed by atoms with van der Waals surface area (Å²) in [5.41, 5.74) is 1.51. The molecule has 0 spiro atoms. The van der Waals surface area contributed by atoms with Crippen LogP contribution in [-0.2, 0) is 0 Å². The number of rotatable bonds is 4.